The van der Waals surface area contributed by atoms with Gasteiger partial charge in [0, 0.05) is 31.6 Å². The average molecular weight is 455 g/mol. The van der Waals surface area contributed by atoms with E-state index in [0.29, 0.717) is 12.6 Å². The van der Waals surface area contributed by atoms with Crippen LogP contribution in [0.25, 0.3) is 10.9 Å². The van der Waals surface area contributed by atoms with Crippen LogP contribution in [0.1, 0.15) is 12.8 Å². The number of methoxy groups -OCH3 is 1. The predicted octanol–water partition coefficient (Wildman–Crippen LogP) is 2.70. The first-order chi connectivity index (χ1) is 15.3. The lowest BCUT2D eigenvalue weighted by Crippen LogP contribution is -2.30. The molecule has 8 nitrogen and oxygen atoms in total. The van der Waals surface area contributed by atoms with Crippen LogP contribution in [0.4, 0.5) is 23.7 Å². The fraction of sp³-hybridized carbons (Fsp3) is 0.524. The average Bonchev–Trinajstić information content (AvgIpc) is 3.50. The highest BCUT2D eigenvalue weighted by atomic mass is 19.1. The third-order valence-corrected chi connectivity index (χ3v) is 5.86. The van der Waals surface area contributed by atoms with E-state index >= 15 is 4.39 Å². The number of ether oxygens (including phenoxy) is 2. The molecule has 1 aromatic carbocycles. The minimum atomic E-state index is -1.73. The summed E-state index contributed by atoms with van der Waals surface area (Å²) >= 11 is 0. The Balaban J connectivity index is 1.80. The van der Waals surface area contributed by atoms with Gasteiger partial charge in [-0.3, -0.25) is 4.79 Å². The van der Waals surface area contributed by atoms with Gasteiger partial charge in [-0.2, -0.15) is 0 Å². The third kappa shape index (κ3) is 4.21. The van der Waals surface area contributed by atoms with E-state index < -0.39 is 36.0 Å². The fourth-order valence-corrected chi connectivity index (χ4v) is 4.20. The van der Waals surface area contributed by atoms with Crippen molar-refractivity contribution >= 4 is 22.7 Å². The van der Waals surface area contributed by atoms with E-state index in [-0.39, 0.29) is 47.9 Å². The number of aryl methyl sites for hydroxylation is 1. The molecule has 1 saturated carbocycles. The topological polar surface area (TPSA) is 93.0 Å². The zero-order valence-corrected chi connectivity index (χ0v) is 17.4. The zero-order valence-electron chi connectivity index (χ0n) is 17.4. The van der Waals surface area contributed by atoms with Crippen LogP contribution in [0.2, 0.25) is 0 Å². The van der Waals surface area contributed by atoms with Gasteiger partial charge in [0.1, 0.15) is 18.5 Å². The number of hydrogen-bond acceptors (Lipinski definition) is 6. The van der Waals surface area contributed by atoms with Gasteiger partial charge in [-0.25, -0.2) is 18.0 Å². The number of benzene rings is 1. The van der Waals surface area contributed by atoms with Crippen molar-refractivity contribution in [2.45, 2.75) is 31.6 Å². The maximum atomic E-state index is 15.2. The summed E-state index contributed by atoms with van der Waals surface area (Å²) in [5, 5.41) is 11.9. The number of aromatic nitrogens is 1. The van der Waals surface area contributed by atoms with Crippen LogP contribution in [-0.4, -0.2) is 61.5 Å². The summed E-state index contributed by atoms with van der Waals surface area (Å²) in [4.78, 5) is 25.2. The molecule has 2 heterocycles. The maximum Gasteiger partial charge on any atom is 0.511 e. The van der Waals surface area contributed by atoms with Gasteiger partial charge >= 0.3 is 6.16 Å². The Morgan fingerprint density at radius 2 is 2.09 bits per heavy atom. The van der Waals surface area contributed by atoms with Gasteiger partial charge in [-0.1, -0.05) is 0 Å². The van der Waals surface area contributed by atoms with Crippen molar-refractivity contribution in [3.8, 4) is 11.5 Å². The highest BCUT2D eigenvalue weighted by molar-refractivity contribution is 5.92. The number of carboxylic acid groups (broad SMARTS) is 1. The number of halogens is 3. The summed E-state index contributed by atoms with van der Waals surface area (Å²) in [6, 6.07) is 1.35. The first-order valence-corrected chi connectivity index (χ1v) is 10.4. The standard InChI is InChI=1S/C21H24F3N3O5/c1-31-20-17-13(19(28)16(32-21(29)30)10-26(17)5-4-22)6-14(23)18(20)27-8-11(15(24)9-27)7-25-12-2-3-12/h6,10-12,15,25H,2-5,7-9H2,1H3,(H,29,30)/t11-,15+/m0/s1. The Morgan fingerprint density at radius 3 is 2.72 bits per heavy atom. The molecule has 0 bridgehead atoms. The van der Waals surface area contributed by atoms with E-state index in [0.717, 1.165) is 25.1 Å². The summed E-state index contributed by atoms with van der Waals surface area (Å²) in [6.07, 6.45) is 0.280. The molecule has 0 unspecified atom stereocenters. The molecular formula is C21H24F3N3O5. The molecule has 0 amide bonds. The molecule has 32 heavy (non-hydrogen) atoms. The third-order valence-electron chi connectivity index (χ3n) is 5.86. The molecule has 2 atom stereocenters. The van der Waals surface area contributed by atoms with Crippen molar-refractivity contribution in [3.05, 3.63) is 28.3 Å². The van der Waals surface area contributed by atoms with Crippen LogP contribution in [0.15, 0.2) is 17.1 Å². The quantitative estimate of drug-likeness (QED) is 0.592. The molecule has 1 aliphatic carbocycles. The first-order valence-electron chi connectivity index (χ1n) is 10.4. The second kappa shape index (κ2) is 8.89. The molecular weight excluding hydrogens is 431 g/mol. The van der Waals surface area contributed by atoms with Crippen molar-refractivity contribution < 1.29 is 32.5 Å². The zero-order chi connectivity index (χ0) is 23.0. The number of pyridine rings is 1. The molecule has 4 rings (SSSR count). The Labute approximate surface area is 181 Å². The van der Waals surface area contributed by atoms with Crippen molar-refractivity contribution in [2.75, 3.05) is 38.3 Å². The molecule has 2 aromatic rings. The molecule has 2 N–H and O–H groups in total. The lowest BCUT2D eigenvalue weighted by molar-refractivity contribution is 0.143. The SMILES string of the molecule is COc1c(N2C[C@H](CNC3CC3)[C@H](F)C2)c(F)cc2c(=O)c(OC(=O)O)cn(CCF)c12. The van der Waals surface area contributed by atoms with Crippen LogP contribution in [0.5, 0.6) is 11.5 Å². The van der Waals surface area contributed by atoms with Crippen LogP contribution in [0, 0.1) is 11.7 Å². The van der Waals surface area contributed by atoms with Crippen LogP contribution in [0.3, 0.4) is 0 Å². The van der Waals surface area contributed by atoms with Gasteiger partial charge in [0.15, 0.2) is 17.3 Å². The summed E-state index contributed by atoms with van der Waals surface area (Å²) in [7, 11) is 1.28. The van der Waals surface area contributed by atoms with Gasteiger partial charge in [0.2, 0.25) is 5.43 Å². The molecule has 2 aliphatic rings. The van der Waals surface area contributed by atoms with E-state index in [2.05, 4.69) is 10.1 Å². The summed E-state index contributed by atoms with van der Waals surface area (Å²) < 4.78 is 54.3. The Morgan fingerprint density at radius 1 is 1.34 bits per heavy atom. The normalized spacial score (nSPS) is 20.7. The molecule has 0 radical (unpaired) electrons. The minimum Gasteiger partial charge on any atom is -0.492 e. The number of nitrogens with one attached hydrogen (secondary N) is 1. The van der Waals surface area contributed by atoms with E-state index in [1.165, 1.54) is 16.6 Å². The van der Waals surface area contributed by atoms with Crippen LogP contribution >= 0.6 is 0 Å². The van der Waals surface area contributed by atoms with Gasteiger partial charge in [-0.15, -0.1) is 0 Å². The molecule has 11 heteroatoms. The Bertz CT molecular complexity index is 1090. The number of rotatable bonds is 8. The highest BCUT2D eigenvalue weighted by Gasteiger charge is 2.37. The largest absolute Gasteiger partial charge is 0.511 e. The van der Waals surface area contributed by atoms with E-state index in [4.69, 9.17) is 9.84 Å². The van der Waals surface area contributed by atoms with Crippen molar-refractivity contribution in [2.24, 2.45) is 5.92 Å². The predicted molar refractivity (Wildman–Crippen MR) is 111 cm³/mol. The lowest BCUT2D eigenvalue weighted by atomic mass is 10.1. The molecule has 2 fully saturated rings. The van der Waals surface area contributed by atoms with Crippen molar-refractivity contribution in [1.82, 2.24) is 9.88 Å². The number of fused-ring (bicyclic) bond motifs is 1. The second-order valence-electron chi connectivity index (χ2n) is 8.07. The monoisotopic (exact) mass is 455 g/mol. The van der Waals surface area contributed by atoms with Gasteiger partial charge in [0.25, 0.3) is 0 Å². The molecule has 174 valence electrons. The summed E-state index contributed by atoms with van der Waals surface area (Å²) in [5.74, 6) is -1.79. The van der Waals surface area contributed by atoms with Gasteiger partial charge in [0.05, 0.1) is 30.8 Å². The summed E-state index contributed by atoms with van der Waals surface area (Å²) in [6.45, 7) is -0.432. The Kier molecular flexibility index (Phi) is 6.18. The highest BCUT2D eigenvalue weighted by Crippen LogP contribution is 2.41. The van der Waals surface area contributed by atoms with Crippen LogP contribution < -0.4 is 25.1 Å². The summed E-state index contributed by atoms with van der Waals surface area (Å²) in [5.41, 5.74) is -0.813. The second-order valence-corrected chi connectivity index (χ2v) is 8.07. The first kappa shape index (κ1) is 22.3. The molecule has 1 aliphatic heterocycles. The smallest absolute Gasteiger partial charge is 0.492 e. The van der Waals surface area contributed by atoms with E-state index in [1.807, 2.05) is 0 Å². The number of nitrogens with zero attached hydrogens (tertiary/aromatic N) is 2. The number of carbonyl (C=O) groups is 1. The van der Waals surface area contributed by atoms with Gasteiger partial charge < -0.3 is 29.4 Å². The number of alkyl halides is 2. The minimum absolute atomic E-state index is 0.0181. The van der Waals surface area contributed by atoms with Crippen LogP contribution in [-0.2, 0) is 6.54 Å². The molecule has 0 spiro atoms. The maximum absolute atomic E-state index is 15.2. The van der Waals surface area contributed by atoms with Gasteiger partial charge in [-0.05, 0) is 18.9 Å². The number of hydrogen-bond donors (Lipinski definition) is 2. The molecule has 1 saturated heterocycles. The van der Waals surface area contributed by atoms with Crippen molar-refractivity contribution in [1.29, 1.82) is 0 Å². The van der Waals surface area contributed by atoms with E-state index in [9.17, 15) is 18.4 Å². The Hall–Kier alpha value is -2.95. The van der Waals surface area contributed by atoms with E-state index in [1.54, 1.807) is 0 Å². The number of anilines is 1. The molecule has 1 aromatic heterocycles. The van der Waals surface area contributed by atoms with Crippen molar-refractivity contribution in [3.63, 3.8) is 0 Å². The fourth-order valence-electron chi connectivity index (χ4n) is 4.20. The lowest BCUT2D eigenvalue weighted by Gasteiger charge is -2.24.